The Morgan fingerprint density at radius 3 is 2.33 bits per heavy atom. The van der Waals surface area contributed by atoms with E-state index in [1.165, 1.54) is 0 Å². The molecule has 2 N–H and O–H groups in total. The monoisotopic (exact) mass is 290 g/mol. The smallest absolute Gasteiger partial charge is 0.228 e. The zero-order valence-electron chi connectivity index (χ0n) is 13.4. The van der Waals surface area contributed by atoms with Crippen molar-refractivity contribution in [3.63, 3.8) is 0 Å². The summed E-state index contributed by atoms with van der Waals surface area (Å²) in [6.07, 6.45) is 0.119. The molecule has 1 aliphatic rings. The molecule has 4 heteroatoms. The molecule has 1 heterocycles. The van der Waals surface area contributed by atoms with Crippen molar-refractivity contribution in [3.8, 4) is 0 Å². The third-order valence-corrected chi connectivity index (χ3v) is 4.65. The van der Waals surface area contributed by atoms with Crippen molar-refractivity contribution in [1.82, 2.24) is 4.90 Å². The van der Waals surface area contributed by atoms with Crippen molar-refractivity contribution < 1.29 is 9.53 Å². The first-order valence-electron chi connectivity index (χ1n) is 7.63. The lowest BCUT2D eigenvalue weighted by atomic mass is 9.88. The molecular weight excluding hydrogens is 264 g/mol. The van der Waals surface area contributed by atoms with E-state index in [0.717, 1.165) is 11.1 Å². The summed E-state index contributed by atoms with van der Waals surface area (Å²) in [7, 11) is 1.86. The molecule has 0 saturated carbocycles. The van der Waals surface area contributed by atoms with Crippen LogP contribution in [0.1, 0.15) is 31.9 Å². The summed E-state index contributed by atoms with van der Waals surface area (Å²) in [5, 5.41) is 0. The number of nitrogens with two attached hydrogens (primary N) is 1. The van der Waals surface area contributed by atoms with Crippen molar-refractivity contribution in [1.29, 1.82) is 0 Å². The summed E-state index contributed by atoms with van der Waals surface area (Å²) in [6, 6.07) is 8.01. The van der Waals surface area contributed by atoms with Crippen LogP contribution in [-0.4, -0.2) is 30.1 Å². The molecule has 4 unspecified atom stereocenters. The number of nitrogens with zero attached hydrogens (tertiary/aromatic N) is 1. The molecule has 0 aromatic heterocycles. The van der Waals surface area contributed by atoms with Crippen LogP contribution in [0.25, 0.3) is 0 Å². The zero-order chi connectivity index (χ0) is 15.6. The fraction of sp³-hybridized carbons (Fsp3) is 0.588. The van der Waals surface area contributed by atoms with E-state index in [4.69, 9.17) is 10.5 Å². The van der Waals surface area contributed by atoms with Crippen LogP contribution in [0, 0.1) is 11.8 Å². The van der Waals surface area contributed by atoms with Gasteiger partial charge in [0.1, 0.15) is 0 Å². The first-order chi connectivity index (χ1) is 9.95. The Morgan fingerprint density at radius 1 is 1.19 bits per heavy atom. The second-order valence-electron chi connectivity index (χ2n) is 6.10. The summed E-state index contributed by atoms with van der Waals surface area (Å²) in [5.41, 5.74) is 7.97. The summed E-state index contributed by atoms with van der Waals surface area (Å²) in [6.45, 7) is 7.21. The molecule has 2 rings (SSSR count). The van der Waals surface area contributed by atoms with Crippen LogP contribution in [0.4, 0.5) is 0 Å². The van der Waals surface area contributed by atoms with Gasteiger partial charge in [-0.05, 0) is 30.9 Å². The molecule has 21 heavy (non-hydrogen) atoms. The lowest BCUT2D eigenvalue weighted by molar-refractivity contribution is -0.137. The summed E-state index contributed by atoms with van der Waals surface area (Å²) < 4.78 is 5.78. The Balaban J connectivity index is 2.09. The van der Waals surface area contributed by atoms with Crippen molar-refractivity contribution in [2.75, 3.05) is 7.05 Å². The Bertz CT molecular complexity index is 503. The zero-order valence-corrected chi connectivity index (χ0v) is 13.4. The fourth-order valence-corrected chi connectivity index (χ4v) is 3.19. The highest BCUT2D eigenvalue weighted by molar-refractivity contribution is 5.79. The van der Waals surface area contributed by atoms with Crippen LogP contribution in [0.15, 0.2) is 24.3 Å². The average Bonchev–Trinajstić information content (AvgIpc) is 2.72. The van der Waals surface area contributed by atoms with Gasteiger partial charge in [0.2, 0.25) is 5.91 Å². The van der Waals surface area contributed by atoms with Gasteiger partial charge >= 0.3 is 0 Å². The molecule has 1 amide bonds. The molecule has 0 aliphatic carbocycles. The van der Waals surface area contributed by atoms with Gasteiger partial charge in [-0.15, -0.1) is 0 Å². The molecule has 1 aromatic rings. The van der Waals surface area contributed by atoms with E-state index in [-0.39, 0.29) is 30.0 Å². The minimum atomic E-state index is -0.0601. The number of rotatable bonds is 4. The van der Waals surface area contributed by atoms with E-state index in [1.54, 1.807) is 4.90 Å². The van der Waals surface area contributed by atoms with Gasteiger partial charge in [-0.1, -0.05) is 31.2 Å². The topological polar surface area (TPSA) is 55.6 Å². The van der Waals surface area contributed by atoms with Gasteiger partial charge in [0.15, 0.2) is 0 Å². The molecule has 0 spiro atoms. The highest BCUT2D eigenvalue weighted by Gasteiger charge is 2.42. The summed E-state index contributed by atoms with van der Waals surface area (Å²) in [4.78, 5) is 14.5. The number of carbonyl (C=O) groups excluding carboxylic acids is 1. The fourth-order valence-electron chi connectivity index (χ4n) is 3.19. The largest absolute Gasteiger partial charge is 0.374 e. The average molecular weight is 290 g/mol. The molecule has 1 aromatic carbocycles. The van der Waals surface area contributed by atoms with E-state index < -0.39 is 0 Å². The first-order valence-corrected chi connectivity index (χ1v) is 7.63. The molecule has 116 valence electrons. The lowest BCUT2D eigenvalue weighted by Gasteiger charge is -2.26. The molecule has 4 nitrogen and oxygen atoms in total. The standard InChI is InChI=1S/C17H26N2O2/c1-11-12(2)21-13(3)16(11)17(20)19(4)10-15-8-6-5-7-14(15)9-18/h5-8,11-13,16H,9-10,18H2,1-4H3. The predicted octanol–water partition coefficient (Wildman–Crippen LogP) is 2.16. The Hall–Kier alpha value is -1.39. The van der Waals surface area contributed by atoms with Crippen LogP contribution < -0.4 is 5.73 Å². The maximum atomic E-state index is 12.7. The first kappa shape index (κ1) is 16.0. The van der Waals surface area contributed by atoms with Gasteiger partial charge in [0, 0.05) is 20.1 Å². The minimum Gasteiger partial charge on any atom is -0.374 e. The maximum absolute atomic E-state index is 12.7. The molecule has 1 saturated heterocycles. The highest BCUT2D eigenvalue weighted by Crippen LogP contribution is 2.33. The SMILES string of the molecule is CC1OC(C)C(C(=O)N(C)Cc2ccccc2CN)C1C. The van der Waals surface area contributed by atoms with Crippen molar-refractivity contribution >= 4 is 5.91 Å². The summed E-state index contributed by atoms with van der Waals surface area (Å²) in [5.74, 6) is 0.348. The van der Waals surface area contributed by atoms with Crippen LogP contribution in [0.3, 0.4) is 0 Å². The van der Waals surface area contributed by atoms with Crippen molar-refractivity contribution in [2.45, 2.75) is 46.1 Å². The van der Waals surface area contributed by atoms with Crippen LogP contribution in [-0.2, 0) is 22.6 Å². The van der Waals surface area contributed by atoms with E-state index in [0.29, 0.717) is 13.1 Å². The van der Waals surface area contributed by atoms with E-state index in [2.05, 4.69) is 6.92 Å². The van der Waals surface area contributed by atoms with Gasteiger partial charge in [0.25, 0.3) is 0 Å². The third kappa shape index (κ3) is 3.27. The second-order valence-corrected chi connectivity index (χ2v) is 6.10. The van der Waals surface area contributed by atoms with Crippen molar-refractivity contribution in [2.24, 2.45) is 17.6 Å². The van der Waals surface area contributed by atoms with Crippen LogP contribution in [0.5, 0.6) is 0 Å². The quantitative estimate of drug-likeness (QED) is 0.924. The third-order valence-electron chi connectivity index (χ3n) is 4.65. The molecule has 4 atom stereocenters. The molecule has 1 fully saturated rings. The number of hydrogen-bond acceptors (Lipinski definition) is 3. The summed E-state index contributed by atoms with van der Waals surface area (Å²) >= 11 is 0. The Labute approximate surface area is 127 Å². The van der Waals surface area contributed by atoms with Gasteiger partial charge < -0.3 is 15.4 Å². The van der Waals surface area contributed by atoms with Crippen LogP contribution >= 0.6 is 0 Å². The normalized spacial score (nSPS) is 28.6. The van der Waals surface area contributed by atoms with Gasteiger partial charge in [-0.3, -0.25) is 4.79 Å². The van der Waals surface area contributed by atoms with Gasteiger partial charge in [0.05, 0.1) is 18.1 Å². The predicted molar refractivity (Wildman–Crippen MR) is 83.5 cm³/mol. The number of ether oxygens (including phenoxy) is 1. The van der Waals surface area contributed by atoms with E-state index in [9.17, 15) is 4.79 Å². The molecule has 0 radical (unpaired) electrons. The number of amides is 1. The minimum absolute atomic E-state index is 0.0188. The van der Waals surface area contributed by atoms with E-state index >= 15 is 0 Å². The van der Waals surface area contributed by atoms with Crippen LogP contribution in [0.2, 0.25) is 0 Å². The van der Waals surface area contributed by atoms with Gasteiger partial charge in [-0.2, -0.15) is 0 Å². The molecule has 0 bridgehead atoms. The second kappa shape index (κ2) is 6.58. The van der Waals surface area contributed by atoms with Gasteiger partial charge in [-0.25, -0.2) is 0 Å². The van der Waals surface area contributed by atoms with Crippen molar-refractivity contribution in [3.05, 3.63) is 35.4 Å². The Morgan fingerprint density at radius 2 is 1.81 bits per heavy atom. The molecule has 1 aliphatic heterocycles. The lowest BCUT2D eigenvalue weighted by Crippen LogP contribution is -2.38. The number of hydrogen-bond donors (Lipinski definition) is 1. The highest BCUT2D eigenvalue weighted by atomic mass is 16.5. The van der Waals surface area contributed by atoms with E-state index in [1.807, 2.05) is 45.2 Å². The Kier molecular flexibility index (Phi) is 5.01. The maximum Gasteiger partial charge on any atom is 0.228 e. The molecular formula is C17H26N2O2. The number of carbonyl (C=O) groups is 1. The number of benzene rings is 1.